The van der Waals surface area contributed by atoms with Crippen molar-refractivity contribution >= 4 is 73.6 Å². The van der Waals surface area contributed by atoms with Crippen molar-refractivity contribution in [2.75, 3.05) is 0 Å². The number of benzene rings is 2. The Balaban J connectivity index is 0. The van der Waals surface area contributed by atoms with E-state index in [-0.39, 0.29) is 61.1 Å². The van der Waals surface area contributed by atoms with Crippen LogP contribution in [0.1, 0.15) is 11.1 Å². The van der Waals surface area contributed by atoms with E-state index in [4.69, 9.17) is 9.47 Å². The molecule has 146 valence electrons. The molecule has 2 aromatic carbocycles. The third kappa shape index (κ3) is 8.71. The van der Waals surface area contributed by atoms with Gasteiger partial charge in [-0.05, 0) is 34.5 Å². The molecule has 0 aliphatic carbocycles. The van der Waals surface area contributed by atoms with Crippen molar-refractivity contribution in [1.82, 2.24) is 0 Å². The summed E-state index contributed by atoms with van der Waals surface area (Å²) in [6.45, 7) is 0. The second kappa shape index (κ2) is 15.1. The first-order chi connectivity index (χ1) is 11.7. The maximum absolute atomic E-state index is 5.22. The fourth-order valence-corrected chi connectivity index (χ4v) is 2.25. The molecular weight excluding hydrogens is 520 g/mol. The van der Waals surface area contributed by atoms with Crippen molar-refractivity contribution in [1.29, 1.82) is 0 Å². The number of hydrogen-bond acceptors (Lipinski definition) is 4. The van der Waals surface area contributed by atoms with Gasteiger partial charge in [-0.25, -0.2) is 0 Å². The quantitative estimate of drug-likeness (QED) is 0.163. The average Bonchev–Trinajstić information content (AvgIpc) is 3.26. The van der Waals surface area contributed by atoms with E-state index in [9.17, 15) is 0 Å². The van der Waals surface area contributed by atoms with Gasteiger partial charge in [0.1, 0.15) is 0 Å². The summed E-state index contributed by atoms with van der Waals surface area (Å²) < 4.78 is 10.4. The van der Waals surface area contributed by atoms with Crippen LogP contribution in [0.2, 0.25) is 0 Å². The van der Waals surface area contributed by atoms with E-state index < -0.39 is 0 Å². The summed E-state index contributed by atoms with van der Waals surface area (Å²) in [5, 5.41) is 9.16. The summed E-state index contributed by atoms with van der Waals surface area (Å²) >= 11 is 8.05. The molecule has 0 amide bonds. The SMILES string of the molecule is [Fe+3].[Fe+3].[S-2].[S-2].[SH+]=C1[NH2+]N=C(c2ccccc2)O1.[SH+]=C1[NH2+]N=C(c2ccccc2)O1. The number of nitrogens with zero attached hydrogens (tertiary/aromatic N) is 2. The van der Waals surface area contributed by atoms with Gasteiger partial charge in [-0.1, -0.05) is 36.4 Å². The van der Waals surface area contributed by atoms with Crippen LogP contribution in [-0.4, -0.2) is 22.1 Å². The second-order valence-corrected chi connectivity index (χ2v) is 5.62. The average molecular weight is 536 g/mol. The van der Waals surface area contributed by atoms with E-state index in [1.165, 1.54) is 0 Å². The Hall–Kier alpha value is -0.781. The molecule has 2 aliphatic rings. The van der Waals surface area contributed by atoms with Crippen molar-refractivity contribution in [3.05, 3.63) is 71.8 Å². The van der Waals surface area contributed by atoms with Gasteiger partial charge in [-0.15, -0.1) is 10.9 Å². The van der Waals surface area contributed by atoms with Gasteiger partial charge in [0.05, 0.1) is 0 Å². The standard InChI is InChI=1S/2C8H6N2OS.2Fe.2S/c2*12-8-10-9-7(11-8)6-4-2-1-3-5-6;;;;/h2*1-5H,(H,10,12);;;;/q;;2*+3;2*-2/p+4. The Morgan fingerprint density at radius 1 is 0.607 bits per heavy atom. The molecule has 0 aromatic heterocycles. The number of thiol groups is 2. The zero-order valence-electron chi connectivity index (χ0n) is 14.1. The topological polar surface area (TPSA) is 76.4 Å². The number of nitrogens with two attached hydrogens (primary N) is 2. The number of hydrogen-bond donors (Lipinski definition) is 2. The van der Waals surface area contributed by atoms with Gasteiger partial charge in [-0.3, -0.25) is 0 Å². The molecule has 0 bridgehead atoms. The molecule has 2 aromatic rings. The second-order valence-electron chi connectivity index (χ2n) is 4.74. The van der Waals surface area contributed by atoms with Crippen molar-refractivity contribution in [3.63, 3.8) is 0 Å². The first-order valence-electron chi connectivity index (χ1n) is 7.13. The monoisotopic (exact) mass is 536 g/mol. The molecule has 0 unspecified atom stereocenters. The van der Waals surface area contributed by atoms with E-state index in [0.29, 0.717) is 22.1 Å². The van der Waals surface area contributed by atoms with Crippen LogP contribution in [-0.2, 0) is 95.0 Å². The summed E-state index contributed by atoms with van der Waals surface area (Å²) in [6.07, 6.45) is 0. The third-order valence-electron chi connectivity index (χ3n) is 3.03. The molecule has 28 heavy (non-hydrogen) atoms. The number of ether oxygens (including phenoxy) is 2. The minimum absolute atomic E-state index is 0. The summed E-state index contributed by atoms with van der Waals surface area (Å²) in [6, 6.07) is 19.4. The third-order valence-corrected chi connectivity index (χ3v) is 3.44. The summed E-state index contributed by atoms with van der Waals surface area (Å²) in [5.74, 6) is 1.22. The molecule has 0 fully saturated rings. The zero-order valence-corrected chi connectivity index (χ0v) is 19.7. The minimum atomic E-state index is 0. The van der Waals surface area contributed by atoms with Gasteiger partial charge >= 0.3 is 44.5 Å². The Kier molecular flexibility index (Phi) is 15.9. The van der Waals surface area contributed by atoms with Crippen LogP contribution < -0.4 is 10.9 Å². The summed E-state index contributed by atoms with van der Waals surface area (Å²) in [5.41, 5.74) is 5.12. The Bertz CT molecular complexity index is 754. The molecule has 0 atom stereocenters. The minimum Gasteiger partial charge on any atom is -2.00 e. The summed E-state index contributed by atoms with van der Waals surface area (Å²) in [7, 11) is 0. The van der Waals surface area contributed by atoms with Crippen LogP contribution in [0.5, 0.6) is 0 Å². The van der Waals surface area contributed by atoms with Crippen molar-refractivity contribution < 1.29 is 54.5 Å². The van der Waals surface area contributed by atoms with Crippen molar-refractivity contribution in [2.24, 2.45) is 10.2 Å². The molecule has 2 radical (unpaired) electrons. The Morgan fingerprint density at radius 2 is 0.929 bits per heavy atom. The van der Waals surface area contributed by atoms with Crippen LogP contribution in [0.25, 0.3) is 0 Å². The predicted octanol–water partition coefficient (Wildman–Crippen LogP) is -1.39. The molecule has 2 heterocycles. The van der Waals surface area contributed by atoms with Gasteiger partial charge < -0.3 is 36.5 Å². The van der Waals surface area contributed by atoms with Crippen LogP contribution in [0.4, 0.5) is 0 Å². The van der Waals surface area contributed by atoms with Crippen LogP contribution in [0.15, 0.2) is 70.9 Å². The van der Waals surface area contributed by atoms with Crippen LogP contribution >= 0.6 is 0 Å². The Morgan fingerprint density at radius 3 is 1.18 bits per heavy atom. The van der Waals surface area contributed by atoms with Gasteiger partial charge in [0.25, 0.3) is 36.2 Å². The van der Waals surface area contributed by atoms with Gasteiger partial charge in [0, 0.05) is 11.1 Å². The van der Waals surface area contributed by atoms with Crippen LogP contribution in [0.3, 0.4) is 0 Å². The van der Waals surface area contributed by atoms with E-state index in [1.807, 2.05) is 60.7 Å². The number of rotatable bonds is 2. The van der Waals surface area contributed by atoms with E-state index in [0.717, 1.165) is 11.1 Å². The number of quaternary nitrogens is 2. The molecule has 0 saturated heterocycles. The largest absolute Gasteiger partial charge is 3.00 e. The van der Waals surface area contributed by atoms with E-state index >= 15 is 0 Å². The molecule has 6 nitrogen and oxygen atoms in total. The normalized spacial score (nSPS) is 13.4. The van der Waals surface area contributed by atoms with E-state index in [1.54, 1.807) is 10.9 Å². The van der Waals surface area contributed by atoms with Crippen molar-refractivity contribution in [2.45, 2.75) is 0 Å². The first kappa shape index (κ1) is 29.4. The van der Waals surface area contributed by atoms with Crippen molar-refractivity contribution in [3.8, 4) is 0 Å². The summed E-state index contributed by atoms with van der Waals surface area (Å²) in [4.78, 5) is 0. The predicted molar refractivity (Wildman–Crippen MR) is 114 cm³/mol. The maximum Gasteiger partial charge on any atom is 3.00 e. The molecule has 12 heteroatoms. The smallest absolute Gasteiger partial charge is 2.00 e. The fourth-order valence-electron chi connectivity index (χ4n) is 1.96. The molecule has 2 aliphatic heterocycles. The molecule has 0 saturated carbocycles. The molecule has 0 spiro atoms. The molecule has 4 N–H and O–H groups in total. The van der Waals surface area contributed by atoms with Gasteiger partial charge in [-0.2, -0.15) is 0 Å². The van der Waals surface area contributed by atoms with E-state index in [2.05, 4.69) is 34.6 Å². The molecule has 4 rings (SSSR count). The maximum atomic E-state index is 5.22. The van der Waals surface area contributed by atoms with Crippen LogP contribution in [0, 0.1) is 0 Å². The van der Waals surface area contributed by atoms with Gasteiger partial charge in [0.2, 0.25) is 0 Å². The Labute approximate surface area is 208 Å². The molecular formula is C16H16Fe2N4O2S4+6. The first-order valence-corrected chi connectivity index (χ1v) is 8.02. The zero-order chi connectivity index (χ0) is 16.8. The fraction of sp³-hybridized carbons (Fsp3) is 0. The van der Waals surface area contributed by atoms with Gasteiger partial charge in [0.15, 0.2) is 0 Å².